The van der Waals surface area contributed by atoms with Gasteiger partial charge in [-0.15, -0.1) is 0 Å². The molecule has 1 N–H and O–H groups in total. The summed E-state index contributed by atoms with van der Waals surface area (Å²) in [5, 5.41) is 8.41. The second-order valence-corrected chi connectivity index (χ2v) is 6.63. The number of hydrogen-bond donors (Lipinski definition) is 1. The van der Waals surface area contributed by atoms with E-state index in [0.29, 0.717) is 26.1 Å². The maximum atomic E-state index is 14.0. The first kappa shape index (κ1) is 16.6. The predicted octanol–water partition coefficient (Wildman–Crippen LogP) is 2.95. The van der Waals surface area contributed by atoms with Gasteiger partial charge in [0.25, 0.3) is 5.56 Å². The van der Waals surface area contributed by atoms with E-state index in [2.05, 4.69) is 20.2 Å². The van der Waals surface area contributed by atoms with Gasteiger partial charge in [-0.05, 0) is 34.2 Å². The van der Waals surface area contributed by atoms with E-state index in [4.69, 9.17) is 4.52 Å². The van der Waals surface area contributed by atoms with Crippen LogP contribution in [0.1, 0.15) is 11.3 Å². The van der Waals surface area contributed by atoms with Gasteiger partial charge < -0.3 is 4.52 Å². The highest BCUT2D eigenvalue weighted by Crippen LogP contribution is 2.25. The molecule has 1 aromatic carbocycles. The van der Waals surface area contributed by atoms with E-state index < -0.39 is 0 Å². The zero-order chi connectivity index (χ0) is 18.1. The summed E-state index contributed by atoms with van der Waals surface area (Å²) in [4.78, 5) is 18.7. The maximum Gasteiger partial charge on any atom is 0.265 e. The summed E-state index contributed by atoms with van der Waals surface area (Å²) in [6, 6.07) is 8.20. The van der Waals surface area contributed by atoms with Crippen molar-refractivity contribution in [1.29, 1.82) is 0 Å². The SMILES string of the molecule is O=c1[nH]c(-n2cc(-c3ccon3)c(Cc3ccccc3F)n2)ncc1I. The molecule has 4 rings (SSSR count). The lowest BCUT2D eigenvalue weighted by Crippen LogP contribution is -2.15. The molecule has 3 heterocycles. The van der Waals surface area contributed by atoms with Gasteiger partial charge in [0.05, 0.1) is 9.26 Å². The van der Waals surface area contributed by atoms with Crippen molar-refractivity contribution < 1.29 is 8.91 Å². The van der Waals surface area contributed by atoms with Crippen LogP contribution in [0, 0.1) is 9.39 Å². The van der Waals surface area contributed by atoms with Crippen molar-refractivity contribution in [3.05, 3.63) is 80.0 Å². The van der Waals surface area contributed by atoms with E-state index in [9.17, 15) is 9.18 Å². The average molecular weight is 463 g/mol. The Kier molecular flexibility index (Phi) is 4.37. The molecule has 0 aliphatic carbocycles. The third kappa shape index (κ3) is 3.17. The van der Waals surface area contributed by atoms with Gasteiger partial charge in [-0.1, -0.05) is 23.4 Å². The zero-order valence-corrected chi connectivity index (χ0v) is 15.3. The third-order valence-corrected chi connectivity index (χ3v) is 4.55. The number of aromatic nitrogens is 5. The van der Waals surface area contributed by atoms with E-state index >= 15 is 0 Å². The molecule has 0 spiro atoms. The highest BCUT2D eigenvalue weighted by Gasteiger charge is 2.17. The highest BCUT2D eigenvalue weighted by atomic mass is 127. The molecule has 7 nitrogen and oxygen atoms in total. The number of rotatable bonds is 4. The summed E-state index contributed by atoms with van der Waals surface area (Å²) in [6.45, 7) is 0. The lowest BCUT2D eigenvalue weighted by atomic mass is 10.1. The molecule has 0 bridgehead atoms. The molecule has 0 saturated heterocycles. The smallest absolute Gasteiger partial charge is 0.265 e. The Hall–Kier alpha value is -2.82. The Balaban J connectivity index is 1.82. The van der Waals surface area contributed by atoms with Crippen molar-refractivity contribution in [3.63, 3.8) is 0 Å². The van der Waals surface area contributed by atoms with Crippen LogP contribution in [0.25, 0.3) is 17.2 Å². The first-order valence-corrected chi connectivity index (χ1v) is 8.67. The first-order valence-electron chi connectivity index (χ1n) is 7.60. The molecule has 0 fully saturated rings. The summed E-state index contributed by atoms with van der Waals surface area (Å²) < 4.78 is 20.9. The average Bonchev–Trinajstić information content (AvgIpc) is 3.29. The Labute approximate surface area is 160 Å². The fourth-order valence-corrected chi connectivity index (χ4v) is 2.80. The van der Waals surface area contributed by atoms with Gasteiger partial charge in [0.1, 0.15) is 17.8 Å². The van der Waals surface area contributed by atoms with Crippen molar-refractivity contribution in [1.82, 2.24) is 24.9 Å². The van der Waals surface area contributed by atoms with E-state index in [1.165, 1.54) is 23.2 Å². The number of nitrogens with zero attached hydrogens (tertiary/aromatic N) is 4. The molecular weight excluding hydrogens is 452 g/mol. The monoisotopic (exact) mass is 463 g/mol. The Bertz CT molecular complexity index is 1120. The summed E-state index contributed by atoms with van der Waals surface area (Å²) in [6.07, 6.45) is 4.85. The fourth-order valence-electron chi connectivity index (χ4n) is 2.52. The van der Waals surface area contributed by atoms with Crippen LogP contribution in [-0.2, 0) is 6.42 Å². The van der Waals surface area contributed by atoms with Crippen molar-refractivity contribution >= 4 is 22.6 Å². The van der Waals surface area contributed by atoms with E-state index in [-0.39, 0.29) is 23.7 Å². The number of nitrogens with one attached hydrogen (secondary N) is 1. The van der Waals surface area contributed by atoms with Crippen LogP contribution in [0.15, 0.2) is 58.3 Å². The van der Waals surface area contributed by atoms with E-state index in [1.54, 1.807) is 30.5 Å². The van der Waals surface area contributed by atoms with Crippen LogP contribution in [0.5, 0.6) is 0 Å². The highest BCUT2D eigenvalue weighted by molar-refractivity contribution is 14.1. The van der Waals surface area contributed by atoms with Crippen LogP contribution >= 0.6 is 22.6 Å². The molecule has 130 valence electrons. The number of benzene rings is 1. The van der Waals surface area contributed by atoms with Crippen LogP contribution in [0.4, 0.5) is 4.39 Å². The second kappa shape index (κ2) is 6.83. The molecular formula is C17H11FIN5O2. The van der Waals surface area contributed by atoms with Crippen molar-refractivity contribution in [2.24, 2.45) is 0 Å². The van der Waals surface area contributed by atoms with Gasteiger partial charge in [0.15, 0.2) is 0 Å². The number of hydrogen-bond acceptors (Lipinski definition) is 5. The van der Waals surface area contributed by atoms with E-state index in [0.717, 1.165) is 0 Å². The van der Waals surface area contributed by atoms with Crippen molar-refractivity contribution in [3.8, 4) is 17.2 Å². The minimum atomic E-state index is -0.311. The van der Waals surface area contributed by atoms with Crippen molar-refractivity contribution in [2.45, 2.75) is 6.42 Å². The lowest BCUT2D eigenvalue weighted by molar-refractivity contribution is 0.422. The van der Waals surface area contributed by atoms with Gasteiger partial charge >= 0.3 is 0 Å². The number of H-pyrrole nitrogens is 1. The minimum Gasteiger partial charge on any atom is -0.364 e. The van der Waals surface area contributed by atoms with Gasteiger partial charge in [0.2, 0.25) is 5.95 Å². The summed E-state index contributed by atoms with van der Waals surface area (Å²) >= 11 is 1.90. The molecule has 0 atom stereocenters. The Morgan fingerprint density at radius 2 is 2.12 bits per heavy atom. The molecule has 9 heteroatoms. The molecule has 4 aromatic rings. The second-order valence-electron chi connectivity index (χ2n) is 5.47. The zero-order valence-electron chi connectivity index (χ0n) is 13.2. The van der Waals surface area contributed by atoms with Gasteiger partial charge in [-0.25, -0.2) is 14.1 Å². The largest absolute Gasteiger partial charge is 0.364 e. The molecule has 0 aliphatic heterocycles. The summed E-state index contributed by atoms with van der Waals surface area (Å²) in [5.41, 5.74) is 2.07. The molecule has 0 radical (unpaired) electrons. The molecule has 0 aliphatic rings. The molecule has 0 amide bonds. The molecule has 0 unspecified atom stereocenters. The summed E-state index contributed by atoms with van der Waals surface area (Å²) in [5.74, 6) is -0.0473. The number of halogens is 2. The van der Waals surface area contributed by atoms with Crippen molar-refractivity contribution in [2.75, 3.05) is 0 Å². The van der Waals surface area contributed by atoms with Gasteiger partial charge in [-0.3, -0.25) is 9.78 Å². The normalized spacial score (nSPS) is 11.0. The lowest BCUT2D eigenvalue weighted by Gasteiger charge is -2.02. The van der Waals surface area contributed by atoms with Crippen LogP contribution in [0.3, 0.4) is 0 Å². The van der Waals surface area contributed by atoms with E-state index in [1.807, 2.05) is 22.6 Å². The molecule has 26 heavy (non-hydrogen) atoms. The standard InChI is InChI=1S/C17H11FIN5O2/c18-12-4-2-1-3-10(12)7-15-11(14-5-6-26-23-14)9-24(22-15)17-20-8-13(19)16(25)21-17/h1-6,8-9H,7H2,(H,20,21,25). The quantitative estimate of drug-likeness (QED) is 0.471. The van der Waals surface area contributed by atoms with Gasteiger partial charge in [-0.2, -0.15) is 5.10 Å². The minimum absolute atomic E-state index is 0.260. The van der Waals surface area contributed by atoms with Crippen LogP contribution in [0.2, 0.25) is 0 Å². The Morgan fingerprint density at radius 1 is 1.27 bits per heavy atom. The molecule has 0 saturated carbocycles. The van der Waals surface area contributed by atoms with Gasteiger partial charge in [0, 0.05) is 30.4 Å². The third-order valence-electron chi connectivity index (χ3n) is 3.78. The molecule has 3 aromatic heterocycles. The fraction of sp³-hybridized carbons (Fsp3) is 0.0588. The number of aromatic amines is 1. The summed E-state index contributed by atoms with van der Waals surface area (Å²) in [7, 11) is 0. The topological polar surface area (TPSA) is 89.6 Å². The van der Waals surface area contributed by atoms with Crippen LogP contribution < -0.4 is 5.56 Å². The Morgan fingerprint density at radius 3 is 2.85 bits per heavy atom. The maximum absolute atomic E-state index is 14.0. The first-order chi connectivity index (χ1) is 12.6. The predicted molar refractivity (Wildman–Crippen MR) is 99.4 cm³/mol. The van der Waals surface area contributed by atoms with Crippen LogP contribution in [-0.4, -0.2) is 24.9 Å².